The minimum Gasteiger partial charge on any atom is -0.487 e. The number of ether oxygens (including phenoxy) is 1. The van der Waals surface area contributed by atoms with E-state index in [4.69, 9.17) is 4.74 Å². The van der Waals surface area contributed by atoms with Gasteiger partial charge in [0.2, 0.25) is 0 Å². The zero-order chi connectivity index (χ0) is 17.8. The van der Waals surface area contributed by atoms with Crippen LogP contribution in [-0.4, -0.2) is 25.1 Å². The molecule has 0 radical (unpaired) electrons. The maximum absolute atomic E-state index is 5.95. The largest absolute Gasteiger partial charge is 0.487 e. The summed E-state index contributed by atoms with van der Waals surface area (Å²) in [5.74, 6) is 1.58. The van der Waals surface area contributed by atoms with Gasteiger partial charge >= 0.3 is 0 Å². The molecule has 26 heavy (non-hydrogen) atoms. The minimum absolute atomic E-state index is 0.447. The summed E-state index contributed by atoms with van der Waals surface area (Å²) < 4.78 is 5.95. The van der Waals surface area contributed by atoms with Gasteiger partial charge in [0.05, 0.1) is 17.3 Å². The highest BCUT2D eigenvalue weighted by Gasteiger charge is 2.08. The van der Waals surface area contributed by atoms with Gasteiger partial charge in [-0.1, -0.05) is 13.0 Å². The Labute approximate surface area is 150 Å². The molecule has 1 aromatic carbocycles. The number of aromatic nitrogens is 5. The summed E-state index contributed by atoms with van der Waals surface area (Å²) in [4.78, 5) is 12.7. The third-order valence-electron chi connectivity index (χ3n) is 4.05. The van der Waals surface area contributed by atoms with Gasteiger partial charge in [-0.05, 0) is 42.3 Å². The number of nitrogens with zero attached hydrogens (tertiary/aromatic N) is 4. The van der Waals surface area contributed by atoms with E-state index in [0.29, 0.717) is 18.1 Å². The number of H-pyrrole nitrogens is 1. The number of fused-ring (bicyclic) bond motifs is 1. The van der Waals surface area contributed by atoms with Crippen LogP contribution in [0.4, 0.5) is 11.5 Å². The maximum atomic E-state index is 5.95. The molecular formula is C19H18N6O. The summed E-state index contributed by atoms with van der Waals surface area (Å²) in [6.07, 6.45) is 5.85. The highest BCUT2D eigenvalue weighted by Crippen LogP contribution is 2.27. The second kappa shape index (κ2) is 7.18. The summed E-state index contributed by atoms with van der Waals surface area (Å²) in [5.41, 5.74) is 3.66. The van der Waals surface area contributed by atoms with Crippen molar-refractivity contribution in [2.75, 3.05) is 5.32 Å². The maximum Gasteiger partial charge on any atom is 0.160 e. The first kappa shape index (κ1) is 16.0. The Morgan fingerprint density at radius 2 is 2.08 bits per heavy atom. The molecule has 0 aliphatic carbocycles. The van der Waals surface area contributed by atoms with Crippen molar-refractivity contribution >= 4 is 22.5 Å². The second-order valence-electron chi connectivity index (χ2n) is 5.77. The predicted molar refractivity (Wildman–Crippen MR) is 99.4 cm³/mol. The fourth-order valence-electron chi connectivity index (χ4n) is 2.71. The van der Waals surface area contributed by atoms with Crippen molar-refractivity contribution in [3.63, 3.8) is 0 Å². The molecule has 4 rings (SSSR count). The van der Waals surface area contributed by atoms with E-state index in [2.05, 4.69) is 43.5 Å². The van der Waals surface area contributed by atoms with E-state index in [0.717, 1.165) is 34.5 Å². The lowest BCUT2D eigenvalue weighted by molar-refractivity contribution is 0.298. The van der Waals surface area contributed by atoms with E-state index < -0.39 is 0 Å². The average molecular weight is 346 g/mol. The SMILES string of the molecule is CCc1cc(Nc2ncnc3[nH]ncc23)ccc1OCc1ccccn1. The van der Waals surface area contributed by atoms with Gasteiger partial charge < -0.3 is 10.1 Å². The molecule has 0 unspecified atom stereocenters. The number of hydrogen-bond acceptors (Lipinski definition) is 6. The lowest BCUT2D eigenvalue weighted by Crippen LogP contribution is -2.01. The van der Waals surface area contributed by atoms with Crippen LogP contribution in [0, 0.1) is 0 Å². The number of nitrogens with one attached hydrogen (secondary N) is 2. The lowest BCUT2D eigenvalue weighted by atomic mass is 10.1. The molecule has 0 aliphatic rings. The smallest absolute Gasteiger partial charge is 0.160 e. The van der Waals surface area contributed by atoms with Crippen molar-refractivity contribution in [1.82, 2.24) is 25.1 Å². The molecular weight excluding hydrogens is 328 g/mol. The van der Waals surface area contributed by atoms with Gasteiger partial charge in [0.1, 0.15) is 24.5 Å². The van der Waals surface area contributed by atoms with Crippen LogP contribution in [0.1, 0.15) is 18.2 Å². The van der Waals surface area contributed by atoms with Crippen molar-refractivity contribution in [3.8, 4) is 5.75 Å². The van der Waals surface area contributed by atoms with Crippen molar-refractivity contribution in [1.29, 1.82) is 0 Å². The van der Waals surface area contributed by atoms with E-state index in [1.807, 2.05) is 30.3 Å². The van der Waals surface area contributed by atoms with E-state index in [-0.39, 0.29) is 0 Å². The van der Waals surface area contributed by atoms with E-state index >= 15 is 0 Å². The summed E-state index contributed by atoms with van der Waals surface area (Å²) in [5, 5.41) is 11.0. The van der Waals surface area contributed by atoms with Crippen LogP contribution in [0.25, 0.3) is 11.0 Å². The monoisotopic (exact) mass is 346 g/mol. The Morgan fingerprint density at radius 3 is 2.92 bits per heavy atom. The number of hydrogen-bond donors (Lipinski definition) is 2. The first-order chi connectivity index (χ1) is 12.8. The molecule has 7 heteroatoms. The lowest BCUT2D eigenvalue weighted by Gasteiger charge is -2.13. The summed E-state index contributed by atoms with van der Waals surface area (Å²) in [6.45, 7) is 2.55. The molecule has 3 heterocycles. The molecule has 0 saturated carbocycles. The molecule has 0 spiro atoms. The van der Waals surface area contributed by atoms with Gasteiger partial charge in [0.15, 0.2) is 5.65 Å². The van der Waals surface area contributed by atoms with Crippen molar-refractivity contribution in [2.24, 2.45) is 0 Å². The third-order valence-corrected chi connectivity index (χ3v) is 4.05. The Hall–Kier alpha value is -3.48. The normalized spacial score (nSPS) is 10.8. The number of pyridine rings is 1. The molecule has 0 aliphatic heterocycles. The van der Waals surface area contributed by atoms with E-state index in [9.17, 15) is 0 Å². The Bertz CT molecular complexity index is 1010. The quantitative estimate of drug-likeness (QED) is 0.554. The highest BCUT2D eigenvalue weighted by atomic mass is 16.5. The highest BCUT2D eigenvalue weighted by molar-refractivity contribution is 5.87. The molecule has 7 nitrogen and oxygen atoms in total. The number of rotatable bonds is 6. The summed E-state index contributed by atoms with van der Waals surface area (Å²) in [7, 11) is 0. The number of aromatic amines is 1. The minimum atomic E-state index is 0.447. The molecule has 0 fully saturated rings. The molecule has 130 valence electrons. The van der Waals surface area contributed by atoms with Crippen LogP contribution in [0.15, 0.2) is 55.1 Å². The van der Waals surface area contributed by atoms with Crippen LogP contribution in [0.3, 0.4) is 0 Å². The Morgan fingerprint density at radius 1 is 1.12 bits per heavy atom. The third kappa shape index (κ3) is 3.32. The molecule has 0 saturated heterocycles. The van der Waals surface area contributed by atoms with Crippen LogP contribution in [0.2, 0.25) is 0 Å². The summed E-state index contributed by atoms with van der Waals surface area (Å²) in [6, 6.07) is 11.8. The molecule has 0 atom stereocenters. The molecule has 0 bridgehead atoms. The van der Waals surface area contributed by atoms with E-state index in [1.165, 1.54) is 6.33 Å². The fraction of sp³-hybridized carbons (Fsp3) is 0.158. The molecule has 3 aromatic heterocycles. The van der Waals surface area contributed by atoms with Gasteiger partial charge in [0.25, 0.3) is 0 Å². The average Bonchev–Trinajstić information content (AvgIpc) is 3.17. The molecule has 4 aromatic rings. The zero-order valence-corrected chi connectivity index (χ0v) is 14.3. The van der Waals surface area contributed by atoms with Gasteiger partial charge in [-0.15, -0.1) is 0 Å². The van der Waals surface area contributed by atoms with Crippen molar-refractivity contribution in [2.45, 2.75) is 20.0 Å². The predicted octanol–water partition coefficient (Wildman–Crippen LogP) is 3.63. The van der Waals surface area contributed by atoms with Crippen molar-refractivity contribution < 1.29 is 4.74 Å². The number of aryl methyl sites for hydroxylation is 1. The second-order valence-corrected chi connectivity index (χ2v) is 5.77. The fourth-order valence-corrected chi connectivity index (χ4v) is 2.71. The number of benzene rings is 1. The van der Waals surface area contributed by atoms with Gasteiger partial charge in [0, 0.05) is 11.9 Å². The molecule has 0 amide bonds. The van der Waals surface area contributed by atoms with E-state index in [1.54, 1.807) is 12.4 Å². The molecule has 2 N–H and O–H groups in total. The van der Waals surface area contributed by atoms with Gasteiger partial charge in [-0.2, -0.15) is 5.10 Å². The Balaban J connectivity index is 1.54. The standard InChI is InChI=1S/C19H18N6O/c1-2-13-9-14(24-18-16-10-23-25-19(16)22-12-21-18)6-7-17(13)26-11-15-5-3-4-8-20-15/h3-10,12H,2,11H2,1H3,(H2,21,22,23,24,25). The van der Waals surface area contributed by atoms with Crippen LogP contribution in [-0.2, 0) is 13.0 Å². The van der Waals surface area contributed by atoms with Crippen LogP contribution in [0.5, 0.6) is 5.75 Å². The summed E-state index contributed by atoms with van der Waals surface area (Å²) >= 11 is 0. The van der Waals surface area contributed by atoms with Crippen molar-refractivity contribution in [3.05, 3.63) is 66.4 Å². The first-order valence-corrected chi connectivity index (χ1v) is 8.40. The topological polar surface area (TPSA) is 88.6 Å². The van der Waals surface area contributed by atoms with Gasteiger partial charge in [-0.3, -0.25) is 10.1 Å². The zero-order valence-electron chi connectivity index (χ0n) is 14.3. The number of anilines is 2. The first-order valence-electron chi connectivity index (χ1n) is 8.40. The van der Waals surface area contributed by atoms with Gasteiger partial charge in [-0.25, -0.2) is 9.97 Å². The van der Waals surface area contributed by atoms with Crippen LogP contribution >= 0.6 is 0 Å². The Kier molecular flexibility index (Phi) is 4.42. The van der Waals surface area contributed by atoms with Crippen LogP contribution < -0.4 is 10.1 Å².